The van der Waals surface area contributed by atoms with Gasteiger partial charge in [0, 0.05) is 18.5 Å². The standard InChI is InChI=1S/C30H34N2O9/c1-37-23-12-10-21(16-24(23)38-2)19-6-8-20(9-7-19)30(36)32(22(29(31)35)11-13-27(33)34)17-18-14-25(39-3)28(41-5)26(15-18)40-4/h6-10,12,14-16,22H,11,13,17H2,1-5H3,(H2,31,35)(H,33,34)/t22-/m0/s1. The molecule has 0 aliphatic carbocycles. The van der Waals surface area contributed by atoms with Crippen molar-refractivity contribution in [1.82, 2.24) is 4.90 Å². The lowest BCUT2D eigenvalue weighted by Gasteiger charge is -2.30. The predicted octanol–water partition coefficient (Wildman–Crippen LogP) is 3.76. The normalized spacial score (nSPS) is 11.2. The summed E-state index contributed by atoms with van der Waals surface area (Å²) in [5.74, 6) is -0.227. The van der Waals surface area contributed by atoms with Gasteiger partial charge in [-0.1, -0.05) is 18.2 Å². The van der Waals surface area contributed by atoms with Crippen molar-refractivity contribution in [2.45, 2.75) is 25.4 Å². The number of nitrogens with two attached hydrogens (primary N) is 1. The van der Waals surface area contributed by atoms with E-state index in [0.29, 0.717) is 34.3 Å². The van der Waals surface area contributed by atoms with Crippen LogP contribution in [0, 0.1) is 0 Å². The number of ether oxygens (including phenoxy) is 5. The highest BCUT2D eigenvalue weighted by Crippen LogP contribution is 2.39. The Hall–Kier alpha value is -4.93. The molecule has 2 amide bonds. The topological polar surface area (TPSA) is 147 Å². The van der Waals surface area contributed by atoms with E-state index in [-0.39, 0.29) is 24.9 Å². The third kappa shape index (κ3) is 7.18. The third-order valence-corrected chi connectivity index (χ3v) is 6.52. The van der Waals surface area contributed by atoms with Gasteiger partial charge < -0.3 is 39.4 Å². The van der Waals surface area contributed by atoms with Gasteiger partial charge in [-0.25, -0.2) is 0 Å². The highest BCUT2D eigenvalue weighted by Gasteiger charge is 2.30. The molecule has 0 aliphatic rings. The number of hydrogen-bond acceptors (Lipinski definition) is 8. The van der Waals surface area contributed by atoms with E-state index in [9.17, 15) is 19.5 Å². The van der Waals surface area contributed by atoms with Gasteiger partial charge in [-0.3, -0.25) is 14.4 Å². The first-order valence-corrected chi connectivity index (χ1v) is 12.6. The first-order valence-electron chi connectivity index (χ1n) is 12.6. The SMILES string of the molecule is COc1ccc(-c2ccc(C(=O)N(Cc3cc(OC)c(OC)c(OC)c3)[C@@H](CCC(=O)O)C(N)=O)cc2)cc1OC. The van der Waals surface area contributed by atoms with E-state index in [1.165, 1.54) is 26.2 Å². The third-order valence-electron chi connectivity index (χ3n) is 6.52. The molecule has 0 unspecified atom stereocenters. The van der Waals surface area contributed by atoms with Crippen LogP contribution in [0.2, 0.25) is 0 Å². The molecule has 0 aromatic heterocycles. The number of carboxylic acids is 1. The van der Waals surface area contributed by atoms with E-state index in [1.807, 2.05) is 12.1 Å². The zero-order chi connectivity index (χ0) is 30.1. The number of carboxylic acid groups (broad SMARTS) is 1. The molecule has 0 aliphatic heterocycles. The van der Waals surface area contributed by atoms with Gasteiger partial charge in [-0.05, 0) is 59.5 Å². The number of amides is 2. The molecule has 0 radical (unpaired) electrons. The number of methoxy groups -OCH3 is 5. The van der Waals surface area contributed by atoms with Gasteiger partial charge in [0.05, 0.1) is 35.5 Å². The summed E-state index contributed by atoms with van der Waals surface area (Å²) >= 11 is 0. The second-order valence-corrected chi connectivity index (χ2v) is 8.96. The molecule has 11 nitrogen and oxygen atoms in total. The molecule has 0 spiro atoms. The van der Waals surface area contributed by atoms with Gasteiger partial charge in [-0.15, -0.1) is 0 Å². The Morgan fingerprint density at radius 2 is 1.32 bits per heavy atom. The summed E-state index contributed by atoms with van der Waals surface area (Å²) in [6.45, 7) is -0.0831. The van der Waals surface area contributed by atoms with Crippen molar-refractivity contribution < 1.29 is 43.2 Å². The summed E-state index contributed by atoms with van der Waals surface area (Å²) < 4.78 is 26.9. The maximum atomic E-state index is 13.9. The number of carbonyl (C=O) groups excluding carboxylic acids is 2. The zero-order valence-electron chi connectivity index (χ0n) is 23.6. The molecule has 3 N–H and O–H groups in total. The van der Waals surface area contributed by atoms with Crippen LogP contribution in [0.5, 0.6) is 28.7 Å². The number of primary amides is 1. The van der Waals surface area contributed by atoms with Crippen molar-refractivity contribution in [3.8, 4) is 39.9 Å². The summed E-state index contributed by atoms with van der Waals surface area (Å²) in [5.41, 5.74) is 8.17. The Morgan fingerprint density at radius 3 is 1.80 bits per heavy atom. The molecule has 41 heavy (non-hydrogen) atoms. The molecule has 3 aromatic carbocycles. The van der Waals surface area contributed by atoms with Crippen molar-refractivity contribution in [2.24, 2.45) is 5.73 Å². The Labute approximate surface area is 238 Å². The van der Waals surface area contributed by atoms with Crippen LogP contribution in [0.1, 0.15) is 28.8 Å². The number of benzene rings is 3. The second-order valence-electron chi connectivity index (χ2n) is 8.96. The first kappa shape index (κ1) is 30.6. The number of rotatable bonds is 14. The van der Waals surface area contributed by atoms with E-state index >= 15 is 0 Å². The van der Waals surface area contributed by atoms with Crippen molar-refractivity contribution in [3.05, 3.63) is 65.7 Å². The minimum Gasteiger partial charge on any atom is -0.493 e. The minimum atomic E-state index is -1.19. The van der Waals surface area contributed by atoms with Gasteiger partial charge in [0.15, 0.2) is 23.0 Å². The summed E-state index contributed by atoms with van der Waals surface area (Å²) in [6, 6.07) is 14.4. The van der Waals surface area contributed by atoms with Crippen molar-refractivity contribution in [2.75, 3.05) is 35.5 Å². The molecule has 0 heterocycles. The number of aliphatic carboxylic acids is 1. The molecule has 0 saturated heterocycles. The van der Waals surface area contributed by atoms with Gasteiger partial charge in [0.1, 0.15) is 6.04 Å². The lowest BCUT2D eigenvalue weighted by molar-refractivity contribution is -0.137. The first-order chi connectivity index (χ1) is 19.7. The number of nitrogens with zero attached hydrogens (tertiary/aromatic N) is 1. The Kier molecular flexibility index (Phi) is 10.4. The quantitative estimate of drug-likeness (QED) is 0.298. The average molecular weight is 567 g/mol. The van der Waals surface area contributed by atoms with Crippen LogP contribution in [0.4, 0.5) is 0 Å². The lowest BCUT2D eigenvalue weighted by atomic mass is 10.0. The van der Waals surface area contributed by atoms with E-state index in [4.69, 9.17) is 29.4 Å². The highest BCUT2D eigenvalue weighted by molar-refractivity contribution is 5.98. The molecule has 3 aromatic rings. The van der Waals surface area contributed by atoms with E-state index < -0.39 is 23.8 Å². The van der Waals surface area contributed by atoms with Gasteiger partial charge in [0.25, 0.3) is 5.91 Å². The monoisotopic (exact) mass is 566 g/mol. The lowest BCUT2D eigenvalue weighted by Crippen LogP contribution is -2.47. The molecule has 218 valence electrons. The van der Waals surface area contributed by atoms with Gasteiger partial charge in [-0.2, -0.15) is 0 Å². The molecule has 1 atom stereocenters. The predicted molar refractivity (Wildman–Crippen MR) is 151 cm³/mol. The van der Waals surface area contributed by atoms with Crippen LogP contribution < -0.4 is 29.4 Å². The maximum Gasteiger partial charge on any atom is 0.303 e. The Balaban J connectivity index is 2.01. The molecule has 3 rings (SSSR count). The highest BCUT2D eigenvalue weighted by atomic mass is 16.5. The Morgan fingerprint density at radius 1 is 0.756 bits per heavy atom. The molecule has 11 heteroatoms. The van der Waals surface area contributed by atoms with Gasteiger partial charge >= 0.3 is 5.97 Å². The van der Waals surface area contributed by atoms with Crippen molar-refractivity contribution in [1.29, 1.82) is 0 Å². The van der Waals surface area contributed by atoms with E-state index in [0.717, 1.165) is 11.1 Å². The van der Waals surface area contributed by atoms with Crippen LogP contribution in [-0.4, -0.2) is 69.4 Å². The van der Waals surface area contributed by atoms with Crippen LogP contribution in [-0.2, 0) is 16.1 Å². The summed E-state index contributed by atoms with van der Waals surface area (Å²) in [7, 11) is 7.49. The van der Waals surface area contributed by atoms with E-state index in [2.05, 4.69) is 0 Å². The largest absolute Gasteiger partial charge is 0.493 e. The van der Waals surface area contributed by atoms with Gasteiger partial charge in [0.2, 0.25) is 11.7 Å². The van der Waals surface area contributed by atoms with Crippen LogP contribution in [0.15, 0.2) is 54.6 Å². The van der Waals surface area contributed by atoms with Crippen molar-refractivity contribution in [3.63, 3.8) is 0 Å². The molecule has 0 saturated carbocycles. The summed E-state index contributed by atoms with van der Waals surface area (Å²) in [4.78, 5) is 39.0. The van der Waals surface area contributed by atoms with Crippen LogP contribution >= 0.6 is 0 Å². The summed E-state index contributed by atoms with van der Waals surface area (Å²) in [6.07, 6.45) is -0.518. The average Bonchev–Trinajstić information content (AvgIpc) is 2.98. The fourth-order valence-corrected chi connectivity index (χ4v) is 4.45. The molecular formula is C30H34N2O9. The van der Waals surface area contributed by atoms with Crippen LogP contribution in [0.3, 0.4) is 0 Å². The number of hydrogen-bond donors (Lipinski definition) is 2. The van der Waals surface area contributed by atoms with Crippen molar-refractivity contribution >= 4 is 17.8 Å². The van der Waals surface area contributed by atoms with Crippen LogP contribution in [0.25, 0.3) is 11.1 Å². The Bertz CT molecular complexity index is 1360. The maximum absolute atomic E-state index is 13.9. The smallest absolute Gasteiger partial charge is 0.303 e. The summed E-state index contributed by atoms with van der Waals surface area (Å²) in [5, 5.41) is 9.26. The second kappa shape index (κ2) is 13.9. The zero-order valence-corrected chi connectivity index (χ0v) is 23.6. The van der Waals surface area contributed by atoms with E-state index in [1.54, 1.807) is 56.7 Å². The fourth-order valence-electron chi connectivity index (χ4n) is 4.45. The number of carbonyl (C=O) groups is 3. The fraction of sp³-hybridized carbons (Fsp3) is 0.300. The molecular weight excluding hydrogens is 532 g/mol. The minimum absolute atomic E-state index is 0.0831. The molecule has 0 fully saturated rings. The molecule has 0 bridgehead atoms.